The molecule has 1 unspecified atom stereocenters. The van der Waals surface area contributed by atoms with Crippen LogP contribution in [0.25, 0.3) is 0 Å². The normalized spacial score (nSPS) is 12.4. The van der Waals surface area contributed by atoms with Crippen molar-refractivity contribution in [2.75, 3.05) is 13.7 Å². The molecule has 0 radical (unpaired) electrons. The van der Waals surface area contributed by atoms with Crippen molar-refractivity contribution in [1.82, 2.24) is 4.72 Å². The number of carboxylic acid groups (broad SMARTS) is 1. The maximum atomic E-state index is 12.2. The molecule has 1 aromatic rings. The van der Waals surface area contributed by atoms with Gasteiger partial charge in [-0.05, 0) is 30.7 Å². The van der Waals surface area contributed by atoms with E-state index in [9.17, 15) is 18.0 Å². The van der Waals surface area contributed by atoms with Crippen LogP contribution in [0.15, 0.2) is 29.2 Å². The van der Waals surface area contributed by atoms with Crippen LogP contribution in [-0.4, -0.2) is 45.2 Å². The van der Waals surface area contributed by atoms with Crippen LogP contribution in [0.3, 0.4) is 0 Å². The zero-order chi connectivity index (χ0) is 18.2. The van der Waals surface area contributed by atoms with Crippen molar-refractivity contribution < 1.29 is 32.6 Å². The van der Waals surface area contributed by atoms with Gasteiger partial charge >= 0.3 is 11.9 Å². The van der Waals surface area contributed by atoms with E-state index in [1.165, 1.54) is 31.4 Å². The fourth-order valence-corrected chi connectivity index (χ4v) is 3.04. The van der Waals surface area contributed by atoms with Gasteiger partial charge in [0.25, 0.3) is 0 Å². The van der Waals surface area contributed by atoms with Gasteiger partial charge in [0.2, 0.25) is 10.0 Å². The quantitative estimate of drug-likeness (QED) is 0.602. The Labute approximate surface area is 140 Å². The van der Waals surface area contributed by atoms with Gasteiger partial charge in [-0.2, -0.15) is 4.72 Å². The number of hydrogen-bond donors (Lipinski definition) is 2. The van der Waals surface area contributed by atoms with Gasteiger partial charge in [-0.1, -0.05) is 19.8 Å². The Morgan fingerprint density at radius 1 is 1.25 bits per heavy atom. The molecule has 0 amide bonds. The molecule has 1 rings (SSSR count). The predicted octanol–water partition coefficient (Wildman–Crippen LogP) is 1.16. The number of ether oxygens (including phenoxy) is 2. The van der Waals surface area contributed by atoms with Gasteiger partial charge in [0.05, 0.1) is 12.0 Å². The molecule has 0 aliphatic heterocycles. The summed E-state index contributed by atoms with van der Waals surface area (Å²) in [7, 11) is -2.74. The summed E-state index contributed by atoms with van der Waals surface area (Å²) in [5, 5.41) is 9.11. The number of rotatable bonds is 10. The summed E-state index contributed by atoms with van der Waals surface area (Å²) in [5.41, 5.74) is 0. The fourth-order valence-electron chi connectivity index (χ4n) is 1.81. The number of carbonyl (C=O) groups is 2. The minimum absolute atomic E-state index is 0.0873. The van der Waals surface area contributed by atoms with Crippen LogP contribution in [-0.2, 0) is 24.3 Å². The molecule has 9 heteroatoms. The molecule has 0 aromatic heterocycles. The molecule has 0 saturated heterocycles. The highest BCUT2D eigenvalue weighted by Gasteiger charge is 2.24. The third-order valence-electron chi connectivity index (χ3n) is 3.16. The van der Waals surface area contributed by atoms with E-state index in [0.29, 0.717) is 12.2 Å². The summed E-state index contributed by atoms with van der Waals surface area (Å²) in [6.45, 7) is 1.60. The van der Waals surface area contributed by atoms with Crippen molar-refractivity contribution in [1.29, 1.82) is 0 Å². The number of carbonyl (C=O) groups excluding carboxylic acids is 1. The number of nitrogens with one attached hydrogen (secondary N) is 1. The summed E-state index contributed by atoms with van der Waals surface area (Å²) in [5.74, 6) is -1.49. The average molecular weight is 359 g/mol. The van der Waals surface area contributed by atoms with Crippen LogP contribution in [0, 0.1) is 0 Å². The summed E-state index contributed by atoms with van der Waals surface area (Å²) in [4.78, 5) is 22.0. The van der Waals surface area contributed by atoms with E-state index < -0.39 is 28.0 Å². The first-order chi connectivity index (χ1) is 11.3. The molecule has 134 valence electrons. The van der Waals surface area contributed by atoms with Gasteiger partial charge in [0, 0.05) is 0 Å². The lowest BCUT2D eigenvalue weighted by atomic mass is 10.1. The first-order valence-electron chi connectivity index (χ1n) is 7.35. The van der Waals surface area contributed by atoms with E-state index in [1.54, 1.807) is 0 Å². The van der Waals surface area contributed by atoms with Crippen LogP contribution in [0.5, 0.6) is 5.75 Å². The van der Waals surface area contributed by atoms with Crippen molar-refractivity contribution in [2.24, 2.45) is 0 Å². The van der Waals surface area contributed by atoms with Crippen LogP contribution in [0.1, 0.15) is 26.2 Å². The SMILES string of the molecule is CCCCC(NS(=O)(=O)c1ccc(OCC(=O)OC)cc1)C(=O)O. The van der Waals surface area contributed by atoms with E-state index >= 15 is 0 Å². The summed E-state index contributed by atoms with van der Waals surface area (Å²) in [6, 6.07) is 4.12. The van der Waals surface area contributed by atoms with Gasteiger partial charge in [0.15, 0.2) is 6.61 Å². The third kappa shape index (κ3) is 6.17. The number of unbranched alkanes of at least 4 members (excludes halogenated alkanes) is 1. The molecule has 24 heavy (non-hydrogen) atoms. The predicted molar refractivity (Wildman–Crippen MR) is 85.2 cm³/mol. The van der Waals surface area contributed by atoms with E-state index in [2.05, 4.69) is 9.46 Å². The highest BCUT2D eigenvalue weighted by atomic mass is 32.2. The summed E-state index contributed by atoms with van der Waals surface area (Å²) in [6.07, 6.45) is 1.57. The van der Waals surface area contributed by atoms with Gasteiger partial charge in [-0.15, -0.1) is 0 Å². The number of carboxylic acids is 1. The number of methoxy groups -OCH3 is 1. The largest absolute Gasteiger partial charge is 0.482 e. The second-order valence-corrected chi connectivity index (χ2v) is 6.70. The Hall–Kier alpha value is -2.13. The van der Waals surface area contributed by atoms with E-state index in [-0.39, 0.29) is 17.9 Å². The number of aliphatic carboxylic acids is 1. The van der Waals surface area contributed by atoms with Crippen molar-refractivity contribution in [3.8, 4) is 5.75 Å². The minimum Gasteiger partial charge on any atom is -0.482 e. The molecular formula is C15H21NO7S. The molecule has 2 N–H and O–H groups in total. The zero-order valence-electron chi connectivity index (χ0n) is 13.5. The number of benzene rings is 1. The molecule has 1 aromatic carbocycles. The van der Waals surface area contributed by atoms with Crippen molar-refractivity contribution in [3.63, 3.8) is 0 Å². The van der Waals surface area contributed by atoms with Gasteiger partial charge in [0.1, 0.15) is 11.8 Å². The third-order valence-corrected chi connectivity index (χ3v) is 4.65. The van der Waals surface area contributed by atoms with Crippen molar-refractivity contribution >= 4 is 22.0 Å². The Morgan fingerprint density at radius 2 is 1.88 bits per heavy atom. The topological polar surface area (TPSA) is 119 Å². The van der Waals surface area contributed by atoms with Crippen LogP contribution >= 0.6 is 0 Å². The lowest BCUT2D eigenvalue weighted by Gasteiger charge is -2.14. The molecule has 0 aliphatic carbocycles. The Balaban J connectivity index is 2.79. The zero-order valence-corrected chi connectivity index (χ0v) is 14.3. The number of sulfonamides is 1. The fraction of sp³-hybridized carbons (Fsp3) is 0.467. The van der Waals surface area contributed by atoms with Crippen LogP contribution < -0.4 is 9.46 Å². The molecule has 0 fully saturated rings. The Kier molecular flexibility index (Phi) is 7.66. The molecule has 0 saturated carbocycles. The first-order valence-corrected chi connectivity index (χ1v) is 8.83. The van der Waals surface area contributed by atoms with Gasteiger partial charge in [-0.25, -0.2) is 13.2 Å². The standard InChI is InChI=1S/C15H21NO7S/c1-3-4-5-13(15(18)19)16-24(20,21)12-8-6-11(7-9-12)23-10-14(17)22-2/h6-9,13,16H,3-5,10H2,1-2H3,(H,18,19). The summed E-state index contributed by atoms with van der Waals surface area (Å²) < 4.78 is 36.2. The maximum absolute atomic E-state index is 12.2. The monoisotopic (exact) mass is 359 g/mol. The first kappa shape index (κ1) is 19.9. The average Bonchev–Trinajstić information content (AvgIpc) is 2.56. The minimum atomic E-state index is -3.97. The molecule has 0 bridgehead atoms. The molecule has 0 aliphatic rings. The second-order valence-electron chi connectivity index (χ2n) is 4.99. The van der Waals surface area contributed by atoms with E-state index in [4.69, 9.17) is 9.84 Å². The van der Waals surface area contributed by atoms with E-state index in [1.807, 2.05) is 6.92 Å². The highest BCUT2D eigenvalue weighted by Crippen LogP contribution is 2.17. The molecule has 0 heterocycles. The van der Waals surface area contributed by atoms with Crippen molar-refractivity contribution in [3.05, 3.63) is 24.3 Å². The van der Waals surface area contributed by atoms with Crippen molar-refractivity contribution in [2.45, 2.75) is 37.1 Å². The smallest absolute Gasteiger partial charge is 0.343 e. The maximum Gasteiger partial charge on any atom is 0.343 e. The van der Waals surface area contributed by atoms with E-state index in [0.717, 1.165) is 6.42 Å². The van der Waals surface area contributed by atoms with Gasteiger partial charge in [-0.3, -0.25) is 4.79 Å². The lowest BCUT2D eigenvalue weighted by molar-refractivity contribution is -0.143. The van der Waals surface area contributed by atoms with Gasteiger partial charge < -0.3 is 14.6 Å². The molecular weight excluding hydrogens is 338 g/mol. The summed E-state index contributed by atoms with van der Waals surface area (Å²) >= 11 is 0. The molecule has 8 nitrogen and oxygen atoms in total. The second kappa shape index (κ2) is 9.24. The highest BCUT2D eigenvalue weighted by molar-refractivity contribution is 7.89. The number of esters is 1. The van der Waals surface area contributed by atoms with Crippen LogP contribution in [0.4, 0.5) is 0 Å². The Bertz CT molecular complexity index is 655. The molecule has 0 spiro atoms. The van der Waals surface area contributed by atoms with Crippen LogP contribution in [0.2, 0.25) is 0 Å². The number of hydrogen-bond acceptors (Lipinski definition) is 6. The Morgan fingerprint density at radius 3 is 2.38 bits per heavy atom. The molecule has 1 atom stereocenters. The lowest BCUT2D eigenvalue weighted by Crippen LogP contribution is -2.40.